The minimum atomic E-state index is -0.414. The third kappa shape index (κ3) is 2.82. The largest absolute Gasteiger partial charge is 0.466 e. The number of aromatic amines is 1. The molecule has 1 heterocycles. The van der Waals surface area contributed by atoms with Gasteiger partial charge >= 0.3 is 6.01 Å². The minimum Gasteiger partial charge on any atom is -0.466 e. The zero-order chi connectivity index (χ0) is 13.0. The van der Waals surface area contributed by atoms with Gasteiger partial charge in [-0.3, -0.25) is 10.1 Å². The van der Waals surface area contributed by atoms with E-state index in [-0.39, 0.29) is 24.3 Å². The first-order valence-electron chi connectivity index (χ1n) is 5.18. The summed E-state index contributed by atoms with van der Waals surface area (Å²) in [5, 5.41) is 8.60. The fourth-order valence-corrected chi connectivity index (χ4v) is 1.38. The van der Waals surface area contributed by atoms with Crippen molar-refractivity contribution in [1.29, 1.82) is 0 Å². The molecule has 0 unspecified atom stereocenters. The number of aromatic nitrogens is 3. The molecule has 0 fully saturated rings. The molecule has 2 aromatic rings. The summed E-state index contributed by atoms with van der Waals surface area (Å²) in [6.45, 7) is 0. The van der Waals surface area contributed by atoms with Crippen LogP contribution in [0, 0.1) is 5.82 Å². The summed E-state index contributed by atoms with van der Waals surface area (Å²) < 4.78 is 18.1. The molecule has 1 amide bonds. The third-order valence-electron chi connectivity index (χ3n) is 2.21. The quantitative estimate of drug-likeness (QED) is 0.852. The molecule has 0 radical (unpaired) electrons. The van der Waals surface area contributed by atoms with Crippen molar-refractivity contribution in [2.45, 2.75) is 6.42 Å². The van der Waals surface area contributed by atoms with E-state index >= 15 is 0 Å². The molecule has 18 heavy (non-hydrogen) atoms. The number of nitrogens with one attached hydrogen (secondary N) is 2. The number of methoxy groups -OCH3 is 1. The Bertz CT molecular complexity index is 555. The Hall–Kier alpha value is -2.44. The van der Waals surface area contributed by atoms with Crippen LogP contribution in [-0.4, -0.2) is 28.2 Å². The van der Waals surface area contributed by atoms with Crippen molar-refractivity contribution in [1.82, 2.24) is 15.2 Å². The average Bonchev–Trinajstić information content (AvgIpc) is 2.80. The molecule has 0 aliphatic rings. The first-order chi connectivity index (χ1) is 8.69. The number of carbonyl (C=O) groups is 1. The lowest BCUT2D eigenvalue weighted by Gasteiger charge is -2.02. The molecule has 7 heteroatoms. The number of amides is 1. The molecular weight excluding hydrogens is 239 g/mol. The molecule has 0 saturated heterocycles. The van der Waals surface area contributed by atoms with Crippen molar-refractivity contribution in [2.24, 2.45) is 0 Å². The highest BCUT2D eigenvalue weighted by Gasteiger charge is 2.10. The maximum Gasteiger partial charge on any atom is 0.336 e. The van der Waals surface area contributed by atoms with Crippen LogP contribution in [0.4, 0.5) is 10.3 Å². The number of hydrogen-bond donors (Lipinski definition) is 2. The Balaban J connectivity index is 1.99. The summed E-state index contributed by atoms with van der Waals surface area (Å²) >= 11 is 0. The number of benzene rings is 1. The van der Waals surface area contributed by atoms with Crippen molar-refractivity contribution < 1.29 is 13.9 Å². The molecule has 0 saturated carbocycles. The van der Waals surface area contributed by atoms with Crippen LogP contribution in [0.25, 0.3) is 0 Å². The molecular formula is C11H11FN4O2. The van der Waals surface area contributed by atoms with E-state index in [4.69, 9.17) is 4.74 Å². The predicted molar refractivity (Wildman–Crippen MR) is 61.7 cm³/mol. The van der Waals surface area contributed by atoms with Gasteiger partial charge in [0.1, 0.15) is 5.82 Å². The normalized spacial score (nSPS) is 10.1. The summed E-state index contributed by atoms with van der Waals surface area (Å²) in [5.74, 6) is -0.644. The molecule has 6 nitrogen and oxygen atoms in total. The molecule has 0 aliphatic carbocycles. The molecule has 2 N–H and O–H groups in total. The second-order valence-corrected chi connectivity index (χ2v) is 3.49. The lowest BCUT2D eigenvalue weighted by Crippen LogP contribution is -2.16. The van der Waals surface area contributed by atoms with Gasteiger partial charge in [-0.25, -0.2) is 9.49 Å². The highest BCUT2D eigenvalue weighted by atomic mass is 19.1. The first kappa shape index (κ1) is 12.0. The number of rotatable bonds is 4. The van der Waals surface area contributed by atoms with Crippen molar-refractivity contribution in [3.63, 3.8) is 0 Å². The molecule has 1 aromatic carbocycles. The van der Waals surface area contributed by atoms with E-state index in [9.17, 15) is 9.18 Å². The van der Waals surface area contributed by atoms with Crippen molar-refractivity contribution in [3.05, 3.63) is 35.6 Å². The smallest absolute Gasteiger partial charge is 0.336 e. The topological polar surface area (TPSA) is 79.9 Å². The number of nitrogens with zero attached hydrogens (tertiary/aromatic N) is 2. The van der Waals surface area contributed by atoms with Crippen LogP contribution in [0.15, 0.2) is 24.3 Å². The number of carbonyl (C=O) groups excluding carboxylic acids is 1. The van der Waals surface area contributed by atoms with Crippen LogP contribution >= 0.6 is 0 Å². The van der Waals surface area contributed by atoms with E-state index in [1.165, 1.54) is 13.2 Å². The molecule has 1 aromatic heterocycles. The van der Waals surface area contributed by atoms with Crippen molar-refractivity contribution in [3.8, 4) is 6.01 Å². The number of hydrogen-bond acceptors (Lipinski definition) is 4. The lowest BCUT2D eigenvalue weighted by molar-refractivity contribution is -0.115. The van der Waals surface area contributed by atoms with Gasteiger partial charge in [0.05, 0.1) is 13.5 Å². The zero-order valence-electron chi connectivity index (χ0n) is 9.61. The van der Waals surface area contributed by atoms with E-state index in [0.29, 0.717) is 5.56 Å². The van der Waals surface area contributed by atoms with Crippen LogP contribution in [0.5, 0.6) is 6.01 Å². The highest BCUT2D eigenvalue weighted by molar-refractivity contribution is 5.90. The fraction of sp³-hybridized carbons (Fsp3) is 0.182. The predicted octanol–water partition coefficient (Wildman–Crippen LogP) is 1.13. The molecule has 0 spiro atoms. The van der Waals surface area contributed by atoms with E-state index in [1.807, 2.05) is 0 Å². The van der Waals surface area contributed by atoms with Crippen molar-refractivity contribution in [2.75, 3.05) is 12.4 Å². The van der Waals surface area contributed by atoms with Gasteiger partial charge in [-0.15, -0.1) is 5.10 Å². The Morgan fingerprint density at radius 3 is 2.94 bits per heavy atom. The third-order valence-corrected chi connectivity index (χ3v) is 2.21. The van der Waals surface area contributed by atoms with Gasteiger partial charge in [-0.1, -0.05) is 18.2 Å². The van der Waals surface area contributed by atoms with E-state index < -0.39 is 5.82 Å². The second kappa shape index (κ2) is 5.26. The maximum absolute atomic E-state index is 13.3. The number of anilines is 1. The van der Waals surface area contributed by atoms with E-state index in [1.54, 1.807) is 18.2 Å². The molecule has 2 rings (SSSR count). The van der Waals surface area contributed by atoms with Crippen LogP contribution in [0.3, 0.4) is 0 Å². The van der Waals surface area contributed by atoms with Crippen LogP contribution in [0.1, 0.15) is 5.56 Å². The number of H-pyrrole nitrogens is 1. The summed E-state index contributed by atoms with van der Waals surface area (Å²) in [6, 6.07) is 6.22. The lowest BCUT2D eigenvalue weighted by atomic mass is 10.1. The van der Waals surface area contributed by atoms with E-state index in [2.05, 4.69) is 20.5 Å². The van der Waals surface area contributed by atoms with E-state index in [0.717, 1.165) is 0 Å². The van der Waals surface area contributed by atoms with Gasteiger partial charge in [-0.2, -0.15) is 4.98 Å². The summed E-state index contributed by atoms with van der Waals surface area (Å²) in [7, 11) is 1.41. The van der Waals surface area contributed by atoms with Gasteiger partial charge < -0.3 is 4.74 Å². The first-order valence-corrected chi connectivity index (χ1v) is 5.18. The fourth-order valence-electron chi connectivity index (χ4n) is 1.38. The maximum atomic E-state index is 13.3. The SMILES string of the molecule is COc1n[nH]c(NC(=O)Cc2ccccc2F)n1. The second-order valence-electron chi connectivity index (χ2n) is 3.49. The summed E-state index contributed by atoms with van der Waals surface area (Å²) in [5.41, 5.74) is 0.321. The average molecular weight is 250 g/mol. The standard InChI is InChI=1S/C11H11FN4O2/c1-18-11-14-10(15-16-11)13-9(17)6-7-4-2-3-5-8(7)12/h2-5H,6H2,1H3,(H2,13,14,15,16,17). The molecule has 0 bridgehead atoms. The Kier molecular flexibility index (Phi) is 3.52. The summed E-state index contributed by atoms with van der Waals surface area (Å²) in [6.07, 6.45) is -0.0737. The zero-order valence-corrected chi connectivity index (χ0v) is 9.61. The number of ether oxygens (including phenoxy) is 1. The van der Waals surface area contributed by atoms with Crippen LogP contribution in [-0.2, 0) is 11.2 Å². The molecule has 0 aliphatic heterocycles. The van der Waals surface area contributed by atoms with Crippen LogP contribution < -0.4 is 10.1 Å². The summed E-state index contributed by atoms with van der Waals surface area (Å²) in [4.78, 5) is 15.4. The van der Waals surface area contributed by atoms with Gasteiger partial charge in [0.25, 0.3) is 0 Å². The van der Waals surface area contributed by atoms with Crippen molar-refractivity contribution >= 4 is 11.9 Å². The number of halogens is 1. The Morgan fingerprint density at radius 2 is 2.28 bits per heavy atom. The molecule has 94 valence electrons. The minimum absolute atomic E-state index is 0.0737. The van der Waals surface area contributed by atoms with Crippen LogP contribution in [0.2, 0.25) is 0 Å². The Morgan fingerprint density at radius 1 is 1.50 bits per heavy atom. The van der Waals surface area contributed by atoms with Gasteiger partial charge in [0, 0.05) is 0 Å². The monoisotopic (exact) mass is 250 g/mol. The van der Waals surface area contributed by atoms with Gasteiger partial charge in [-0.05, 0) is 11.6 Å². The van der Waals surface area contributed by atoms with Gasteiger partial charge in [0.2, 0.25) is 11.9 Å². The highest BCUT2D eigenvalue weighted by Crippen LogP contribution is 2.09. The Labute approximate surface area is 102 Å². The molecule has 0 atom stereocenters. The van der Waals surface area contributed by atoms with Gasteiger partial charge in [0.15, 0.2) is 0 Å².